The molecule has 2 nitrogen and oxygen atoms in total. The fourth-order valence-corrected chi connectivity index (χ4v) is 2.14. The fourth-order valence-electron chi connectivity index (χ4n) is 1.75. The monoisotopic (exact) mass is 266 g/mol. The van der Waals surface area contributed by atoms with Gasteiger partial charge in [0, 0.05) is 0 Å². The summed E-state index contributed by atoms with van der Waals surface area (Å²) in [6, 6.07) is 19.0. The van der Waals surface area contributed by atoms with Crippen LogP contribution in [0, 0.1) is 0 Å². The van der Waals surface area contributed by atoms with Crippen molar-refractivity contribution in [2.45, 2.75) is 5.66 Å². The molecule has 0 spiro atoms. The van der Waals surface area contributed by atoms with E-state index in [0.29, 0.717) is 0 Å². The van der Waals surface area contributed by atoms with Crippen LogP contribution in [-0.2, 0) is 5.66 Å². The predicted octanol–water partition coefficient (Wildman–Crippen LogP) is 3.46. The van der Waals surface area contributed by atoms with Gasteiger partial charge in [0.25, 0.3) is 0 Å². The molecule has 0 aliphatic rings. The van der Waals surface area contributed by atoms with Gasteiger partial charge in [0.15, 0.2) is 5.66 Å². The van der Waals surface area contributed by atoms with Gasteiger partial charge in [-0.15, -0.1) is 3.94 Å². The maximum atomic E-state index is 6.35. The van der Waals surface area contributed by atoms with E-state index in [1.54, 1.807) is 0 Å². The van der Waals surface area contributed by atoms with Crippen LogP contribution in [0.3, 0.4) is 0 Å². The number of rotatable bonds is 3. The molecule has 2 aromatic rings. The number of nitrogens with two attached hydrogens (primary N) is 1. The van der Waals surface area contributed by atoms with Crippen LogP contribution in [0.2, 0.25) is 0 Å². The minimum atomic E-state index is -1.05. The number of nitrogens with zero attached hydrogens (tertiary/aromatic N) is 1. The first-order valence-corrected chi connectivity index (χ1v) is 5.85. The van der Waals surface area contributed by atoms with Crippen molar-refractivity contribution < 1.29 is 0 Å². The maximum absolute atomic E-state index is 6.35. The number of hydrogen-bond donors (Lipinski definition) is 1. The first kappa shape index (κ1) is 12.4. The van der Waals surface area contributed by atoms with Gasteiger partial charge in [0.05, 0.1) is 0 Å². The highest BCUT2D eigenvalue weighted by atomic mass is 35.5. The molecule has 0 bridgehead atoms. The summed E-state index contributed by atoms with van der Waals surface area (Å²) < 4.78 is 0.984. The number of halogens is 2. The third kappa shape index (κ3) is 2.31. The zero-order valence-electron chi connectivity index (χ0n) is 9.05. The van der Waals surface area contributed by atoms with E-state index in [-0.39, 0.29) is 0 Å². The molecule has 0 atom stereocenters. The Labute approximate surface area is 111 Å². The zero-order valence-corrected chi connectivity index (χ0v) is 10.6. The minimum Gasteiger partial charge on any atom is -0.303 e. The van der Waals surface area contributed by atoms with E-state index < -0.39 is 5.66 Å². The predicted molar refractivity (Wildman–Crippen MR) is 71.4 cm³/mol. The molecule has 0 amide bonds. The summed E-state index contributed by atoms with van der Waals surface area (Å²) in [6.45, 7) is 0. The normalized spacial score (nSPS) is 11.8. The number of hydrogen-bond acceptors (Lipinski definition) is 2. The van der Waals surface area contributed by atoms with Gasteiger partial charge in [-0.25, -0.2) is 0 Å². The van der Waals surface area contributed by atoms with Crippen molar-refractivity contribution in [2.24, 2.45) is 5.73 Å². The summed E-state index contributed by atoms with van der Waals surface area (Å²) in [6.07, 6.45) is 0. The molecule has 17 heavy (non-hydrogen) atoms. The molecule has 88 valence electrons. The third-order valence-corrected chi connectivity index (χ3v) is 3.23. The second-order valence-electron chi connectivity index (χ2n) is 3.73. The molecule has 2 rings (SSSR count). The molecule has 0 aromatic heterocycles. The lowest BCUT2D eigenvalue weighted by molar-refractivity contribution is 0.378. The van der Waals surface area contributed by atoms with Crippen LogP contribution in [0.1, 0.15) is 11.1 Å². The highest BCUT2D eigenvalue weighted by Gasteiger charge is 2.35. The van der Waals surface area contributed by atoms with E-state index in [2.05, 4.69) is 0 Å². The Hall–Kier alpha value is -1.06. The van der Waals surface area contributed by atoms with Gasteiger partial charge in [0.2, 0.25) is 0 Å². The van der Waals surface area contributed by atoms with Crippen LogP contribution in [0.4, 0.5) is 0 Å². The first-order valence-electron chi connectivity index (χ1n) is 5.17. The number of benzene rings is 2. The molecule has 0 radical (unpaired) electrons. The van der Waals surface area contributed by atoms with Crippen molar-refractivity contribution in [1.82, 2.24) is 3.94 Å². The Morgan fingerprint density at radius 2 is 1.12 bits per heavy atom. The van der Waals surface area contributed by atoms with Crippen LogP contribution in [0.5, 0.6) is 0 Å². The topological polar surface area (TPSA) is 29.3 Å². The van der Waals surface area contributed by atoms with Gasteiger partial charge >= 0.3 is 0 Å². The standard InChI is InChI=1S/C13H12Cl2N2/c14-17(15)13(16,11-7-3-1-4-8-11)12-9-5-2-6-10-12/h1-10H,16H2. The van der Waals surface area contributed by atoms with Crippen LogP contribution < -0.4 is 5.73 Å². The molecule has 0 heterocycles. The second kappa shape index (κ2) is 5.07. The van der Waals surface area contributed by atoms with Gasteiger partial charge in [-0.3, -0.25) is 0 Å². The van der Waals surface area contributed by atoms with Crippen molar-refractivity contribution in [3.05, 3.63) is 71.8 Å². The molecular weight excluding hydrogens is 255 g/mol. The fraction of sp³-hybridized carbons (Fsp3) is 0.0769. The Balaban J connectivity index is 2.55. The zero-order chi connectivity index (χ0) is 12.3. The van der Waals surface area contributed by atoms with Gasteiger partial charge in [0.1, 0.15) is 0 Å². The molecule has 2 aromatic carbocycles. The summed E-state index contributed by atoms with van der Waals surface area (Å²) in [5, 5.41) is 0. The highest BCUT2D eigenvalue weighted by Crippen LogP contribution is 2.33. The van der Waals surface area contributed by atoms with E-state index in [0.717, 1.165) is 15.1 Å². The Bertz CT molecular complexity index is 432. The van der Waals surface area contributed by atoms with Gasteiger partial charge < -0.3 is 5.73 Å². The molecule has 0 aliphatic carbocycles. The molecule has 0 saturated heterocycles. The van der Waals surface area contributed by atoms with Crippen LogP contribution in [-0.4, -0.2) is 3.94 Å². The average molecular weight is 267 g/mol. The molecule has 2 N–H and O–H groups in total. The first-order chi connectivity index (χ1) is 8.15. The minimum absolute atomic E-state index is 0.830. The highest BCUT2D eigenvalue weighted by molar-refractivity contribution is 6.34. The molecule has 0 saturated carbocycles. The van der Waals surface area contributed by atoms with Gasteiger partial charge in [-0.05, 0) is 34.7 Å². The SMILES string of the molecule is NC(c1ccccc1)(c1ccccc1)N(Cl)Cl. The Morgan fingerprint density at radius 3 is 1.41 bits per heavy atom. The van der Waals surface area contributed by atoms with Crippen molar-refractivity contribution in [3.8, 4) is 0 Å². The summed E-state index contributed by atoms with van der Waals surface area (Å²) >= 11 is 11.9. The second-order valence-corrected chi connectivity index (χ2v) is 4.58. The third-order valence-electron chi connectivity index (χ3n) is 2.69. The Morgan fingerprint density at radius 1 is 0.765 bits per heavy atom. The molecule has 4 heteroatoms. The molecule has 0 unspecified atom stereocenters. The van der Waals surface area contributed by atoms with Crippen LogP contribution in [0.25, 0.3) is 0 Å². The van der Waals surface area contributed by atoms with Gasteiger partial charge in [-0.2, -0.15) is 0 Å². The molecule has 0 aliphatic heterocycles. The summed E-state index contributed by atoms with van der Waals surface area (Å²) in [7, 11) is 0. The maximum Gasteiger partial charge on any atom is 0.150 e. The van der Waals surface area contributed by atoms with Crippen molar-refractivity contribution in [2.75, 3.05) is 0 Å². The quantitative estimate of drug-likeness (QED) is 0.681. The van der Waals surface area contributed by atoms with E-state index in [9.17, 15) is 0 Å². The van der Waals surface area contributed by atoms with Crippen molar-refractivity contribution in [1.29, 1.82) is 0 Å². The van der Waals surface area contributed by atoms with Crippen molar-refractivity contribution in [3.63, 3.8) is 0 Å². The smallest absolute Gasteiger partial charge is 0.150 e. The summed E-state index contributed by atoms with van der Waals surface area (Å²) in [4.78, 5) is 0. The van der Waals surface area contributed by atoms with E-state index >= 15 is 0 Å². The van der Waals surface area contributed by atoms with Crippen molar-refractivity contribution >= 4 is 23.6 Å². The lowest BCUT2D eigenvalue weighted by Crippen LogP contribution is -2.45. The lowest BCUT2D eigenvalue weighted by atomic mass is 9.93. The van der Waals surface area contributed by atoms with E-state index in [1.165, 1.54) is 0 Å². The van der Waals surface area contributed by atoms with Crippen LogP contribution >= 0.6 is 23.6 Å². The lowest BCUT2D eigenvalue weighted by Gasteiger charge is -2.32. The molecule has 0 fully saturated rings. The average Bonchev–Trinajstić information content (AvgIpc) is 2.39. The van der Waals surface area contributed by atoms with Crippen LogP contribution in [0.15, 0.2) is 60.7 Å². The largest absolute Gasteiger partial charge is 0.303 e. The summed E-state index contributed by atoms with van der Waals surface area (Å²) in [5.41, 5.74) is 6.96. The van der Waals surface area contributed by atoms with E-state index in [4.69, 9.17) is 29.3 Å². The molecular formula is C13H12Cl2N2. The Kier molecular flexibility index (Phi) is 3.69. The van der Waals surface area contributed by atoms with Gasteiger partial charge in [-0.1, -0.05) is 60.7 Å². The van der Waals surface area contributed by atoms with E-state index in [1.807, 2.05) is 60.7 Å². The summed E-state index contributed by atoms with van der Waals surface area (Å²) in [5.74, 6) is 0.